The first-order valence-corrected chi connectivity index (χ1v) is 8.02. The number of hydrogen-bond donors (Lipinski definition) is 1. The third-order valence-corrected chi connectivity index (χ3v) is 3.75. The molecule has 0 spiro atoms. The first kappa shape index (κ1) is 17.7. The fourth-order valence-electron chi connectivity index (χ4n) is 2.27. The van der Waals surface area contributed by atoms with Gasteiger partial charge >= 0.3 is 0 Å². The van der Waals surface area contributed by atoms with Gasteiger partial charge in [-0.15, -0.1) is 0 Å². The predicted molar refractivity (Wildman–Crippen MR) is 82.8 cm³/mol. The van der Waals surface area contributed by atoms with E-state index in [9.17, 15) is 0 Å². The molecule has 0 aromatic carbocycles. The molecular formula is C17H34N. The molecule has 1 N–H and O–H groups in total. The van der Waals surface area contributed by atoms with Gasteiger partial charge in [-0.25, -0.2) is 0 Å². The van der Waals surface area contributed by atoms with Crippen molar-refractivity contribution in [2.75, 3.05) is 7.05 Å². The van der Waals surface area contributed by atoms with Crippen molar-refractivity contribution in [2.45, 2.75) is 90.0 Å². The number of hydrogen-bond acceptors (Lipinski definition) is 1. The van der Waals surface area contributed by atoms with Crippen molar-refractivity contribution in [3.63, 3.8) is 0 Å². The van der Waals surface area contributed by atoms with Gasteiger partial charge in [-0.05, 0) is 33.2 Å². The van der Waals surface area contributed by atoms with Gasteiger partial charge in [0, 0.05) is 6.04 Å². The van der Waals surface area contributed by atoms with E-state index in [1.807, 2.05) is 0 Å². The van der Waals surface area contributed by atoms with E-state index in [0.717, 1.165) is 6.42 Å². The minimum absolute atomic E-state index is 0.691. The topological polar surface area (TPSA) is 12.0 Å². The Hall–Kier alpha value is -0.300. The van der Waals surface area contributed by atoms with Crippen LogP contribution in [0.3, 0.4) is 0 Å². The van der Waals surface area contributed by atoms with Crippen LogP contribution in [0.1, 0.15) is 84.0 Å². The molecule has 1 unspecified atom stereocenters. The zero-order valence-corrected chi connectivity index (χ0v) is 12.7. The number of rotatable bonds is 14. The third kappa shape index (κ3) is 13.8. The average molecular weight is 252 g/mol. The van der Waals surface area contributed by atoms with Gasteiger partial charge in [0.05, 0.1) is 0 Å². The highest BCUT2D eigenvalue weighted by Gasteiger charge is 1.97. The van der Waals surface area contributed by atoms with E-state index in [4.69, 9.17) is 6.58 Å². The molecule has 0 aliphatic carbocycles. The Balaban J connectivity index is 2.96. The lowest BCUT2D eigenvalue weighted by atomic mass is 10.0. The summed E-state index contributed by atoms with van der Waals surface area (Å²) in [5.41, 5.74) is 0. The van der Waals surface area contributed by atoms with Crippen LogP contribution in [0.5, 0.6) is 0 Å². The van der Waals surface area contributed by atoms with Gasteiger partial charge < -0.3 is 5.32 Å². The highest BCUT2D eigenvalue weighted by atomic mass is 14.8. The molecule has 0 aromatic rings. The molecule has 0 fully saturated rings. The second kappa shape index (κ2) is 14.8. The summed E-state index contributed by atoms with van der Waals surface area (Å²) in [7, 11) is 2.05. The lowest BCUT2D eigenvalue weighted by molar-refractivity contribution is 0.502. The van der Waals surface area contributed by atoms with Crippen LogP contribution in [-0.2, 0) is 0 Å². The molecule has 1 atom stereocenters. The second-order valence-corrected chi connectivity index (χ2v) is 5.54. The van der Waals surface area contributed by atoms with Gasteiger partial charge in [0.25, 0.3) is 0 Å². The Morgan fingerprint density at radius 1 is 0.833 bits per heavy atom. The summed E-state index contributed by atoms with van der Waals surface area (Å²) in [6.07, 6.45) is 18.2. The predicted octanol–water partition coefficient (Wildman–Crippen LogP) is 5.26. The molecule has 0 amide bonds. The van der Waals surface area contributed by atoms with E-state index >= 15 is 0 Å². The molecule has 0 saturated heterocycles. The summed E-state index contributed by atoms with van der Waals surface area (Å²) in [5, 5.41) is 3.29. The Morgan fingerprint density at radius 2 is 1.28 bits per heavy atom. The molecular weight excluding hydrogens is 218 g/mol. The van der Waals surface area contributed by atoms with Crippen LogP contribution in [0.2, 0.25) is 0 Å². The highest BCUT2D eigenvalue weighted by Crippen LogP contribution is 2.12. The van der Waals surface area contributed by atoms with Crippen LogP contribution in [0.15, 0.2) is 6.08 Å². The van der Waals surface area contributed by atoms with Crippen LogP contribution in [0.25, 0.3) is 0 Å². The van der Waals surface area contributed by atoms with E-state index in [0.29, 0.717) is 6.04 Å². The monoisotopic (exact) mass is 252 g/mol. The van der Waals surface area contributed by atoms with Crippen molar-refractivity contribution < 1.29 is 0 Å². The molecule has 0 aliphatic rings. The summed E-state index contributed by atoms with van der Waals surface area (Å²) >= 11 is 0. The Bertz CT molecular complexity index is 165. The largest absolute Gasteiger partial charge is 0.317 e. The smallest absolute Gasteiger partial charge is 0.00357 e. The van der Waals surface area contributed by atoms with Crippen LogP contribution >= 0.6 is 0 Å². The van der Waals surface area contributed by atoms with Crippen molar-refractivity contribution in [1.29, 1.82) is 0 Å². The first-order valence-electron chi connectivity index (χ1n) is 8.02. The van der Waals surface area contributed by atoms with Crippen LogP contribution in [0.4, 0.5) is 0 Å². The van der Waals surface area contributed by atoms with Gasteiger partial charge in [0.2, 0.25) is 0 Å². The average Bonchev–Trinajstić information content (AvgIpc) is 2.39. The first-order chi connectivity index (χ1) is 8.81. The molecule has 1 nitrogen and oxygen atoms in total. The Morgan fingerprint density at radius 3 is 1.72 bits per heavy atom. The van der Waals surface area contributed by atoms with Gasteiger partial charge in [-0.2, -0.15) is 0 Å². The minimum atomic E-state index is 0.691. The van der Waals surface area contributed by atoms with Crippen molar-refractivity contribution in [2.24, 2.45) is 0 Å². The van der Waals surface area contributed by atoms with E-state index < -0.39 is 0 Å². The zero-order valence-electron chi connectivity index (χ0n) is 12.7. The molecule has 0 bridgehead atoms. The summed E-state index contributed by atoms with van der Waals surface area (Å²) < 4.78 is 0. The number of unbranched alkanes of at least 4 members (excludes halogenated alkanes) is 10. The number of nitrogens with one attached hydrogen (secondary N) is 1. The molecule has 0 aliphatic heterocycles. The Labute approximate surface area is 115 Å². The molecule has 0 aromatic heterocycles. The van der Waals surface area contributed by atoms with Gasteiger partial charge in [0.15, 0.2) is 0 Å². The van der Waals surface area contributed by atoms with Gasteiger partial charge in [-0.1, -0.05) is 70.4 Å². The van der Waals surface area contributed by atoms with Crippen molar-refractivity contribution in [1.82, 2.24) is 5.32 Å². The van der Waals surface area contributed by atoms with Gasteiger partial charge in [0.1, 0.15) is 0 Å². The second-order valence-electron chi connectivity index (χ2n) is 5.54. The summed E-state index contributed by atoms with van der Waals surface area (Å²) in [4.78, 5) is 0. The van der Waals surface area contributed by atoms with Crippen molar-refractivity contribution >= 4 is 0 Å². The van der Waals surface area contributed by atoms with E-state index in [1.165, 1.54) is 70.6 Å². The van der Waals surface area contributed by atoms with Crippen molar-refractivity contribution in [3.8, 4) is 0 Å². The normalized spacial score (nSPS) is 12.6. The zero-order chi connectivity index (χ0) is 13.5. The fourth-order valence-corrected chi connectivity index (χ4v) is 2.27. The third-order valence-electron chi connectivity index (χ3n) is 3.75. The molecule has 107 valence electrons. The van der Waals surface area contributed by atoms with E-state index in [1.54, 1.807) is 6.08 Å². The van der Waals surface area contributed by atoms with Gasteiger partial charge in [-0.3, -0.25) is 0 Å². The molecule has 0 rings (SSSR count). The van der Waals surface area contributed by atoms with Crippen LogP contribution < -0.4 is 5.32 Å². The molecule has 0 saturated carbocycles. The van der Waals surface area contributed by atoms with Crippen molar-refractivity contribution in [3.05, 3.63) is 12.7 Å². The number of allylic oxidation sites excluding steroid dienone is 1. The maximum absolute atomic E-state index is 5.35. The minimum Gasteiger partial charge on any atom is -0.317 e. The fraction of sp³-hybridized carbons (Fsp3) is 0.882. The molecule has 1 radical (unpaired) electrons. The van der Waals surface area contributed by atoms with E-state index in [2.05, 4.69) is 19.3 Å². The molecule has 0 heterocycles. The maximum atomic E-state index is 5.35. The lowest BCUT2D eigenvalue weighted by Crippen LogP contribution is -2.20. The maximum Gasteiger partial charge on any atom is 0.00357 e. The quantitative estimate of drug-likeness (QED) is 0.416. The lowest BCUT2D eigenvalue weighted by Gasteiger charge is -2.09. The Kier molecular flexibility index (Phi) is 14.5. The summed E-state index contributed by atoms with van der Waals surface area (Å²) in [6.45, 7) is 7.61. The highest BCUT2D eigenvalue weighted by molar-refractivity contribution is 4.61. The standard InChI is InChI=1S/C17H34N/c1-4-5-6-7-8-9-10-11-12-13-14-15-16-17(2)18-3/h1,4,17-18H,5-16H2,2-3H3. The summed E-state index contributed by atoms with van der Waals surface area (Å²) in [6, 6.07) is 0.691. The van der Waals surface area contributed by atoms with Crippen LogP contribution in [0, 0.1) is 6.58 Å². The molecule has 1 heteroatoms. The van der Waals surface area contributed by atoms with E-state index in [-0.39, 0.29) is 0 Å². The summed E-state index contributed by atoms with van der Waals surface area (Å²) in [5.74, 6) is 0. The SMILES string of the molecule is [CH]=CCCCCCCCCCCCCC(C)NC. The molecule has 18 heavy (non-hydrogen) atoms. The van der Waals surface area contributed by atoms with Crippen LogP contribution in [-0.4, -0.2) is 13.1 Å².